The second-order valence-electron chi connectivity index (χ2n) is 17.4. The molecule has 5 heteroatoms. The molecular formula is C72H60CoP4+2. The van der Waals surface area contributed by atoms with Crippen molar-refractivity contribution in [2.45, 2.75) is 0 Å². The summed E-state index contributed by atoms with van der Waals surface area (Å²) in [6, 6.07) is 129. The molecule has 0 saturated heterocycles. The molecule has 0 aliphatic heterocycles. The van der Waals surface area contributed by atoms with Gasteiger partial charge in [0.2, 0.25) is 0 Å². The molecule has 0 unspecified atom stereocenters. The first-order valence-corrected chi connectivity index (χ1v) is 31.0. The van der Waals surface area contributed by atoms with Gasteiger partial charge in [0.25, 0.3) is 0 Å². The van der Waals surface area contributed by atoms with E-state index in [2.05, 4.69) is 364 Å². The van der Waals surface area contributed by atoms with Crippen molar-refractivity contribution < 1.29 is 16.8 Å². The van der Waals surface area contributed by atoms with Crippen molar-refractivity contribution in [1.29, 1.82) is 0 Å². The first-order valence-electron chi connectivity index (χ1n) is 25.6. The molecule has 0 saturated carbocycles. The van der Waals surface area contributed by atoms with Crippen LogP contribution in [0.25, 0.3) is 0 Å². The summed E-state index contributed by atoms with van der Waals surface area (Å²) >= 11 is 0. The van der Waals surface area contributed by atoms with Gasteiger partial charge in [-0.05, 0) is 95.3 Å². The van der Waals surface area contributed by atoms with E-state index in [1.54, 1.807) is 0 Å². The van der Waals surface area contributed by atoms with E-state index in [4.69, 9.17) is 0 Å². The molecule has 12 aromatic carbocycles. The fourth-order valence-electron chi connectivity index (χ4n) is 8.71. The van der Waals surface area contributed by atoms with Crippen molar-refractivity contribution in [2.24, 2.45) is 0 Å². The van der Waals surface area contributed by atoms with Crippen LogP contribution in [0.15, 0.2) is 364 Å². The summed E-state index contributed by atoms with van der Waals surface area (Å²) in [5.74, 6) is 0. The van der Waals surface area contributed by atoms with Crippen LogP contribution in [0.4, 0.5) is 0 Å². The van der Waals surface area contributed by atoms with Gasteiger partial charge in [0.05, 0.1) is 0 Å². The van der Waals surface area contributed by atoms with Gasteiger partial charge < -0.3 is 0 Å². The van der Waals surface area contributed by atoms with Gasteiger partial charge in [-0.2, -0.15) is 0 Å². The van der Waals surface area contributed by atoms with E-state index in [1.807, 2.05) is 0 Å². The van der Waals surface area contributed by atoms with Crippen LogP contribution >= 0.6 is 31.7 Å². The Kier molecular flexibility index (Phi) is 22.7. The SMILES string of the molecule is [Co+2].c1ccc(P(c2ccccc2)c2ccccc2)cc1.c1ccc(P(c2ccccc2)c2ccccc2)cc1.c1ccc(P(c2ccccc2)c2ccccc2)cc1.c1ccc(P(c2ccccc2)c2ccccc2)cc1. The van der Waals surface area contributed by atoms with E-state index < -0.39 is 31.7 Å². The van der Waals surface area contributed by atoms with Crippen LogP contribution in [0.1, 0.15) is 0 Å². The Morgan fingerprint density at radius 3 is 0.234 bits per heavy atom. The van der Waals surface area contributed by atoms with Gasteiger partial charge in [-0.1, -0.05) is 364 Å². The summed E-state index contributed by atoms with van der Waals surface area (Å²) in [6.07, 6.45) is 0. The maximum atomic E-state index is 2.23. The fourth-order valence-corrected chi connectivity index (χ4v) is 17.9. The molecule has 12 rings (SSSR count). The fraction of sp³-hybridized carbons (Fsp3) is 0. The predicted molar refractivity (Wildman–Crippen MR) is 341 cm³/mol. The molecule has 0 N–H and O–H groups in total. The van der Waals surface area contributed by atoms with E-state index >= 15 is 0 Å². The van der Waals surface area contributed by atoms with E-state index in [0.717, 1.165) is 0 Å². The summed E-state index contributed by atoms with van der Waals surface area (Å²) in [7, 11) is -1.78. The largest absolute Gasteiger partial charge is 2.00 e. The predicted octanol–water partition coefficient (Wildman–Crippen LogP) is 13.8. The van der Waals surface area contributed by atoms with Crippen molar-refractivity contribution >= 4 is 95.3 Å². The standard InChI is InChI=1S/4C18H15P.Co/c4*1-4-10-16(11-5-1)19(17-12-6-2-7-13-17)18-14-8-3-9-15-18;/h4*1-15H;/q;;;;+2. The molecule has 375 valence electrons. The van der Waals surface area contributed by atoms with Crippen molar-refractivity contribution in [3.05, 3.63) is 364 Å². The molecule has 0 aromatic heterocycles. The maximum Gasteiger partial charge on any atom is 2.00 e. The minimum absolute atomic E-state index is 0. The zero-order valence-corrected chi connectivity index (χ0v) is 47.4. The minimum Gasteiger partial charge on any atom is -0.0622 e. The van der Waals surface area contributed by atoms with Gasteiger partial charge in [0, 0.05) is 0 Å². The molecule has 0 spiro atoms. The average molecular weight is 1110 g/mol. The summed E-state index contributed by atoms with van der Waals surface area (Å²) in [4.78, 5) is 0. The molecular weight excluding hydrogens is 1050 g/mol. The van der Waals surface area contributed by atoms with E-state index in [-0.39, 0.29) is 16.8 Å². The van der Waals surface area contributed by atoms with E-state index in [1.165, 1.54) is 63.7 Å². The number of hydrogen-bond acceptors (Lipinski definition) is 0. The average Bonchev–Trinajstić information content (AvgIpc) is 3.51. The van der Waals surface area contributed by atoms with Crippen molar-refractivity contribution in [2.75, 3.05) is 0 Å². The molecule has 12 aromatic rings. The van der Waals surface area contributed by atoms with Crippen LogP contribution in [0.5, 0.6) is 0 Å². The Hall–Kier alpha value is -7.13. The molecule has 77 heavy (non-hydrogen) atoms. The van der Waals surface area contributed by atoms with Crippen LogP contribution in [0.2, 0.25) is 0 Å². The molecule has 0 aliphatic carbocycles. The molecule has 1 radical (unpaired) electrons. The maximum absolute atomic E-state index is 2.23. The second-order valence-corrected chi connectivity index (χ2v) is 26.2. The third kappa shape index (κ3) is 16.4. The van der Waals surface area contributed by atoms with Crippen LogP contribution in [-0.4, -0.2) is 0 Å². The Morgan fingerprint density at radius 2 is 0.169 bits per heavy atom. The summed E-state index contributed by atoms with van der Waals surface area (Å²) in [6.45, 7) is 0. The Morgan fingerprint density at radius 1 is 0.104 bits per heavy atom. The zero-order valence-electron chi connectivity index (χ0n) is 42.8. The first kappa shape index (κ1) is 56.1. The normalized spacial score (nSPS) is 10.4. The van der Waals surface area contributed by atoms with Gasteiger partial charge in [-0.25, -0.2) is 0 Å². The van der Waals surface area contributed by atoms with Crippen molar-refractivity contribution in [1.82, 2.24) is 0 Å². The number of hydrogen-bond donors (Lipinski definition) is 0. The molecule has 0 fully saturated rings. The van der Waals surface area contributed by atoms with Crippen LogP contribution in [0, 0.1) is 0 Å². The van der Waals surface area contributed by atoms with Crippen molar-refractivity contribution in [3.63, 3.8) is 0 Å². The molecule has 0 heterocycles. The van der Waals surface area contributed by atoms with Gasteiger partial charge in [-0.3, -0.25) is 0 Å². The monoisotopic (exact) mass is 1110 g/mol. The van der Waals surface area contributed by atoms with Gasteiger partial charge in [0.15, 0.2) is 0 Å². The Bertz CT molecular complexity index is 2580. The van der Waals surface area contributed by atoms with Crippen LogP contribution in [0.3, 0.4) is 0 Å². The molecule has 0 bridgehead atoms. The molecule has 0 amide bonds. The van der Waals surface area contributed by atoms with Crippen LogP contribution in [-0.2, 0) is 16.8 Å². The van der Waals surface area contributed by atoms with Crippen molar-refractivity contribution in [3.8, 4) is 0 Å². The van der Waals surface area contributed by atoms with Gasteiger partial charge in [-0.15, -0.1) is 0 Å². The summed E-state index contributed by atoms with van der Waals surface area (Å²) in [5.41, 5.74) is 0. The van der Waals surface area contributed by atoms with Gasteiger partial charge in [0.1, 0.15) is 0 Å². The number of benzene rings is 12. The molecule has 0 nitrogen and oxygen atoms in total. The van der Waals surface area contributed by atoms with Crippen LogP contribution < -0.4 is 63.7 Å². The molecule has 0 atom stereocenters. The third-order valence-electron chi connectivity index (χ3n) is 12.2. The quantitative estimate of drug-likeness (QED) is 0.107. The molecule has 0 aliphatic rings. The number of rotatable bonds is 12. The summed E-state index contributed by atoms with van der Waals surface area (Å²) < 4.78 is 0. The first-order chi connectivity index (χ1) is 37.8. The van der Waals surface area contributed by atoms with E-state index in [9.17, 15) is 0 Å². The van der Waals surface area contributed by atoms with Gasteiger partial charge >= 0.3 is 16.8 Å². The topological polar surface area (TPSA) is 0 Å². The third-order valence-corrected chi connectivity index (χ3v) is 21.9. The Balaban J connectivity index is 0.000000135. The zero-order chi connectivity index (χ0) is 51.7. The smallest absolute Gasteiger partial charge is 0.0622 e. The van der Waals surface area contributed by atoms with E-state index in [0.29, 0.717) is 0 Å². The minimum atomic E-state index is -0.446. The summed E-state index contributed by atoms with van der Waals surface area (Å²) in [5, 5.41) is 16.8. The Labute approximate surface area is 472 Å². The second kappa shape index (κ2) is 31.2.